The van der Waals surface area contributed by atoms with Crippen molar-refractivity contribution in [1.29, 1.82) is 0 Å². The molecule has 0 saturated carbocycles. The Hall–Kier alpha value is -0.0436. The van der Waals surface area contributed by atoms with E-state index < -0.39 is 6.51 Å². The number of hydrogen-bond acceptors (Lipinski definition) is 0. The number of benzene rings is 1. The summed E-state index contributed by atoms with van der Waals surface area (Å²) in [6.07, 6.45) is 1.61. The Morgan fingerprint density at radius 2 is 1.47 bits per heavy atom. The minimum atomic E-state index is -2.76. The van der Waals surface area contributed by atoms with Crippen LogP contribution < -0.4 is 5.19 Å². The summed E-state index contributed by atoms with van der Waals surface area (Å²) in [5.41, 5.74) is 1.82. The molecule has 0 bridgehead atoms. The van der Waals surface area contributed by atoms with Gasteiger partial charge in [0.25, 0.3) is 0 Å². The van der Waals surface area contributed by atoms with E-state index in [1.54, 1.807) is 11.6 Å². The zero-order valence-corrected chi connectivity index (χ0v) is 14.2. The zero-order valence-electron chi connectivity index (χ0n) is 11.1. The third kappa shape index (κ3) is 0.0872. The molecule has 0 radical (unpaired) electrons. The van der Waals surface area contributed by atoms with E-state index in [9.17, 15) is 0 Å². The van der Waals surface area contributed by atoms with Crippen LogP contribution in [0.15, 0.2) is 24.3 Å². The molecule has 2 heteroatoms. The molecule has 10 heterocycles. The molecule has 10 aliphatic heterocycles. The molecule has 1 spiro atoms. The van der Waals surface area contributed by atoms with Crippen molar-refractivity contribution in [2.45, 2.75) is 54.1 Å². The van der Waals surface area contributed by atoms with Crippen molar-refractivity contribution >= 4 is 15.4 Å². The number of fused-ring (bicyclic) bond motifs is 10. The summed E-state index contributed by atoms with van der Waals surface area (Å²) in [4.78, 5) is 13.5. The van der Waals surface area contributed by atoms with Crippen LogP contribution in [0.1, 0.15) is 5.56 Å². The third-order valence-corrected chi connectivity index (χ3v) is 60.6. The number of rotatable bonds is 2. The Labute approximate surface area is 106 Å². The van der Waals surface area contributed by atoms with Crippen LogP contribution in [-0.2, 0) is 12.9 Å². The van der Waals surface area contributed by atoms with Crippen LogP contribution in [0, 0.1) is 0 Å². The summed E-state index contributed by atoms with van der Waals surface area (Å²) in [7, 11) is 1.27. The molecular formula is C17H18FeSi. The van der Waals surface area contributed by atoms with Gasteiger partial charge in [-0.15, -0.1) is 0 Å². The summed E-state index contributed by atoms with van der Waals surface area (Å²) in [6, 6.07) is 9.52. The van der Waals surface area contributed by atoms with Gasteiger partial charge >= 0.3 is 106 Å². The van der Waals surface area contributed by atoms with Gasteiger partial charge in [0, 0.05) is 0 Å². The van der Waals surface area contributed by atoms with Gasteiger partial charge in [-0.05, 0) is 0 Å². The molecule has 98 valence electrons. The summed E-state index contributed by atoms with van der Waals surface area (Å²) in [6.45, 7) is -2.76. The molecule has 10 saturated heterocycles. The van der Waals surface area contributed by atoms with Crippen LogP contribution >= 0.6 is 0 Å². The van der Waals surface area contributed by atoms with Gasteiger partial charge in [0.1, 0.15) is 0 Å². The summed E-state index contributed by atoms with van der Waals surface area (Å²) >= 11 is 0. The molecule has 0 aliphatic carbocycles. The summed E-state index contributed by atoms with van der Waals surface area (Å²) in [5.74, 6) is 0. The molecule has 0 nitrogen and oxygen atoms in total. The van der Waals surface area contributed by atoms with Gasteiger partial charge in [0.05, 0.1) is 0 Å². The van der Waals surface area contributed by atoms with E-state index in [1.807, 2.05) is 5.56 Å². The maximum atomic E-state index is 2.51. The van der Waals surface area contributed by atoms with Crippen LogP contribution in [0.2, 0.25) is 47.7 Å². The van der Waals surface area contributed by atoms with E-state index in [4.69, 9.17) is 0 Å². The number of hydrogen-bond donors (Lipinski definition) is 0. The van der Waals surface area contributed by atoms with Gasteiger partial charge in [-0.25, -0.2) is 0 Å². The third-order valence-electron chi connectivity index (χ3n) is 16.7. The van der Waals surface area contributed by atoms with Gasteiger partial charge in [0.2, 0.25) is 0 Å². The Bertz CT molecular complexity index is 1100. The molecule has 0 N–H and O–H groups in total. The fourth-order valence-electron chi connectivity index (χ4n) is 18.2. The van der Waals surface area contributed by atoms with Crippen molar-refractivity contribution in [1.82, 2.24) is 0 Å². The molecule has 4 unspecified atom stereocenters. The molecule has 10 aliphatic rings. The SMILES string of the molecule is [SiH3]c1ccccc1C[C]12[CH]3[CH]4[CH]5[CH]1[Fe]45321678[CH]2[CH]1[CH]6[CH]7[CH]28. The van der Waals surface area contributed by atoms with E-state index in [2.05, 4.69) is 24.3 Å². The van der Waals surface area contributed by atoms with Crippen molar-refractivity contribution in [2.75, 3.05) is 0 Å². The molecular weight excluding hydrogens is 288 g/mol. The van der Waals surface area contributed by atoms with Gasteiger partial charge in [0.15, 0.2) is 0 Å². The van der Waals surface area contributed by atoms with E-state index in [0.717, 1.165) is 4.31 Å². The Morgan fingerprint density at radius 1 is 0.895 bits per heavy atom. The standard InChI is InChI=1S/C12H13Si.C5H5.Fe/c13-12-8-4-3-7-11(12)9-10-5-1-2-6-10;1-2-4-5-3-1;/h1-8H,9H2,13H3;1-5H;. The molecule has 0 amide bonds. The monoisotopic (exact) mass is 306 g/mol. The first-order chi connectivity index (χ1) is 9.03. The fraction of sp³-hybridized carbons (Fsp3) is 0.647. The molecule has 0 aromatic heterocycles. The molecule has 4 atom stereocenters. The van der Waals surface area contributed by atoms with Crippen LogP contribution in [-0.4, -0.2) is 10.2 Å². The minimum absolute atomic E-state index is 1.11. The second-order valence-electron chi connectivity index (χ2n) is 11.9. The Kier molecular flexibility index (Phi) is 0.250. The second kappa shape index (κ2) is 0.652. The fourth-order valence-corrected chi connectivity index (χ4v) is 93.6. The quantitative estimate of drug-likeness (QED) is 0.737. The first-order valence-corrected chi connectivity index (χ1v) is 15.6. The summed E-state index contributed by atoms with van der Waals surface area (Å²) < 4.78 is 1.11. The topological polar surface area (TPSA) is 0 Å². The summed E-state index contributed by atoms with van der Waals surface area (Å²) in [5, 5.41) is 1.73. The van der Waals surface area contributed by atoms with Gasteiger partial charge in [-0.3, -0.25) is 0 Å². The van der Waals surface area contributed by atoms with Crippen molar-refractivity contribution in [3.63, 3.8) is 0 Å². The van der Waals surface area contributed by atoms with Crippen LogP contribution in [0.5, 0.6) is 0 Å². The normalized spacial score (nSPS) is 108. The van der Waals surface area contributed by atoms with E-state index in [1.165, 1.54) is 53.6 Å². The zero-order chi connectivity index (χ0) is 11.7. The first kappa shape index (κ1) is 7.29. The molecule has 11 rings (SSSR count). The van der Waals surface area contributed by atoms with Crippen molar-refractivity contribution in [2.24, 2.45) is 0 Å². The molecule has 10 fully saturated rings. The average molecular weight is 306 g/mol. The predicted molar refractivity (Wildman–Crippen MR) is 76.2 cm³/mol. The first-order valence-electron chi connectivity index (χ1n) is 8.29. The molecule has 1 aromatic carbocycles. The predicted octanol–water partition coefficient (Wildman–Crippen LogP) is 2.98. The van der Waals surface area contributed by atoms with Crippen LogP contribution in [0.25, 0.3) is 0 Å². The van der Waals surface area contributed by atoms with Crippen molar-refractivity contribution in [3.8, 4) is 0 Å². The van der Waals surface area contributed by atoms with Crippen molar-refractivity contribution in [3.05, 3.63) is 29.8 Å². The van der Waals surface area contributed by atoms with E-state index >= 15 is 0 Å². The van der Waals surface area contributed by atoms with Crippen molar-refractivity contribution < 1.29 is 6.51 Å². The second-order valence-corrected chi connectivity index (χ2v) is 36.7. The molecule has 1 aromatic rings. The van der Waals surface area contributed by atoms with E-state index in [-0.39, 0.29) is 0 Å². The van der Waals surface area contributed by atoms with Gasteiger partial charge in [-0.2, -0.15) is 0 Å². The van der Waals surface area contributed by atoms with Gasteiger partial charge < -0.3 is 0 Å². The van der Waals surface area contributed by atoms with Crippen LogP contribution in [0.3, 0.4) is 0 Å². The Balaban J connectivity index is 1.39. The Morgan fingerprint density at radius 3 is 1.89 bits per heavy atom. The van der Waals surface area contributed by atoms with Gasteiger partial charge in [-0.1, -0.05) is 0 Å². The van der Waals surface area contributed by atoms with E-state index in [0.29, 0.717) is 0 Å². The maximum absolute atomic E-state index is 2.76. The average Bonchev–Trinajstić information content (AvgIpc) is 3.35. The van der Waals surface area contributed by atoms with Crippen LogP contribution in [0.4, 0.5) is 0 Å². The molecule has 19 heavy (non-hydrogen) atoms.